The van der Waals surface area contributed by atoms with Gasteiger partial charge in [-0.3, -0.25) is 4.79 Å². The summed E-state index contributed by atoms with van der Waals surface area (Å²) in [5.41, 5.74) is 1.65. The molecule has 6 heteroatoms. The van der Waals surface area contributed by atoms with Crippen molar-refractivity contribution in [2.45, 2.75) is 13.5 Å². The van der Waals surface area contributed by atoms with Gasteiger partial charge in [-0.15, -0.1) is 0 Å². The summed E-state index contributed by atoms with van der Waals surface area (Å²) in [4.78, 5) is 17.9. The number of hydrogen-bond acceptors (Lipinski definition) is 5. The Bertz CT molecular complexity index is 560. The maximum atomic E-state index is 11.9. The maximum absolute atomic E-state index is 11.9. The fourth-order valence-corrected chi connectivity index (χ4v) is 1.59. The first-order valence-corrected chi connectivity index (χ1v) is 5.91. The van der Waals surface area contributed by atoms with Crippen molar-refractivity contribution < 1.29 is 9.32 Å². The molecule has 0 aliphatic carbocycles. The van der Waals surface area contributed by atoms with Crippen LogP contribution in [0.25, 0.3) is 0 Å². The number of amides is 1. The Balaban J connectivity index is 1.96. The Morgan fingerprint density at radius 3 is 2.53 bits per heavy atom. The number of nitrogens with one attached hydrogen (secondary N) is 1. The number of aryl methyl sites for hydroxylation is 1. The van der Waals surface area contributed by atoms with Crippen molar-refractivity contribution in [3.05, 3.63) is 41.5 Å². The van der Waals surface area contributed by atoms with Gasteiger partial charge in [-0.2, -0.15) is 4.98 Å². The van der Waals surface area contributed by atoms with Crippen LogP contribution in [-0.4, -0.2) is 30.1 Å². The first kappa shape index (κ1) is 13.1. The molecule has 1 aromatic heterocycles. The summed E-state index contributed by atoms with van der Waals surface area (Å²) in [5, 5.41) is 6.45. The van der Waals surface area contributed by atoms with Crippen LogP contribution in [0.5, 0.6) is 0 Å². The monoisotopic (exact) mass is 260 g/mol. The number of nitrogens with zero attached hydrogens (tertiary/aromatic N) is 3. The molecule has 2 rings (SSSR count). The van der Waals surface area contributed by atoms with Crippen LogP contribution in [-0.2, 0) is 6.54 Å². The topological polar surface area (TPSA) is 71.3 Å². The summed E-state index contributed by atoms with van der Waals surface area (Å²) in [6.45, 7) is 1.96. The van der Waals surface area contributed by atoms with E-state index in [0.717, 1.165) is 5.69 Å². The highest BCUT2D eigenvalue weighted by molar-refractivity contribution is 5.94. The van der Waals surface area contributed by atoms with E-state index in [1.54, 1.807) is 19.1 Å². The lowest BCUT2D eigenvalue weighted by atomic mass is 10.2. The molecule has 100 valence electrons. The maximum Gasteiger partial charge on any atom is 0.251 e. The molecule has 0 saturated heterocycles. The van der Waals surface area contributed by atoms with Crippen molar-refractivity contribution in [2.24, 2.45) is 0 Å². The molecule has 2 aromatic rings. The minimum absolute atomic E-state index is 0.159. The van der Waals surface area contributed by atoms with E-state index in [9.17, 15) is 4.79 Å². The van der Waals surface area contributed by atoms with Crippen LogP contribution in [0.3, 0.4) is 0 Å². The number of carbonyl (C=O) groups is 1. The van der Waals surface area contributed by atoms with Crippen LogP contribution in [0.2, 0.25) is 0 Å². The highest BCUT2D eigenvalue weighted by atomic mass is 16.5. The van der Waals surface area contributed by atoms with Crippen LogP contribution < -0.4 is 10.2 Å². The lowest BCUT2D eigenvalue weighted by molar-refractivity contribution is 0.0949. The van der Waals surface area contributed by atoms with Gasteiger partial charge < -0.3 is 14.7 Å². The van der Waals surface area contributed by atoms with Crippen molar-refractivity contribution in [3.63, 3.8) is 0 Å². The third-order valence-corrected chi connectivity index (χ3v) is 2.62. The summed E-state index contributed by atoms with van der Waals surface area (Å²) in [5.74, 6) is 0.795. The third kappa shape index (κ3) is 3.31. The molecule has 1 heterocycles. The smallest absolute Gasteiger partial charge is 0.251 e. The number of carbonyl (C=O) groups excluding carboxylic acids is 1. The Morgan fingerprint density at radius 1 is 1.32 bits per heavy atom. The molecule has 1 amide bonds. The molecular formula is C13H16N4O2. The molecule has 0 bridgehead atoms. The predicted molar refractivity (Wildman–Crippen MR) is 71.0 cm³/mol. The molecule has 0 aliphatic rings. The van der Waals surface area contributed by atoms with Gasteiger partial charge in [-0.05, 0) is 24.3 Å². The zero-order valence-electron chi connectivity index (χ0n) is 11.2. The summed E-state index contributed by atoms with van der Waals surface area (Å²) in [6, 6.07) is 7.36. The molecule has 0 aliphatic heterocycles. The minimum atomic E-state index is -0.159. The van der Waals surface area contributed by atoms with Crippen molar-refractivity contribution in [3.8, 4) is 0 Å². The average Bonchev–Trinajstić information content (AvgIpc) is 2.82. The normalized spacial score (nSPS) is 10.3. The highest BCUT2D eigenvalue weighted by Crippen LogP contribution is 2.12. The number of rotatable bonds is 4. The van der Waals surface area contributed by atoms with Crippen LogP contribution in [0.15, 0.2) is 28.8 Å². The van der Waals surface area contributed by atoms with Gasteiger partial charge in [-0.25, -0.2) is 0 Å². The van der Waals surface area contributed by atoms with E-state index in [0.29, 0.717) is 17.3 Å². The van der Waals surface area contributed by atoms with Gasteiger partial charge in [-0.1, -0.05) is 5.16 Å². The van der Waals surface area contributed by atoms with Gasteiger partial charge in [0, 0.05) is 32.3 Å². The molecular weight excluding hydrogens is 244 g/mol. The van der Waals surface area contributed by atoms with Gasteiger partial charge in [0.05, 0.1) is 6.54 Å². The zero-order valence-corrected chi connectivity index (χ0v) is 11.2. The Hall–Kier alpha value is -2.37. The van der Waals surface area contributed by atoms with E-state index >= 15 is 0 Å². The van der Waals surface area contributed by atoms with Crippen molar-refractivity contribution in [1.29, 1.82) is 0 Å². The van der Waals surface area contributed by atoms with Crippen molar-refractivity contribution in [1.82, 2.24) is 15.5 Å². The Labute approximate surface area is 111 Å². The van der Waals surface area contributed by atoms with Crippen molar-refractivity contribution >= 4 is 11.6 Å². The number of hydrogen-bond donors (Lipinski definition) is 1. The molecule has 0 saturated carbocycles. The molecule has 0 fully saturated rings. The third-order valence-electron chi connectivity index (χ3n) is 2.62. The second-order valence-corrected chi connectivity index (χ2v) is 4.35. The number of anilines is 1. The van der Waals surface area contributed by atoms with E-state index in [-0.39, 0.29) is 12.5 Å². The molecule has 0 spiro atoms. The van der Waals surface area contributed by atoms with Crippen LogP contribution in [0, 0.1) is 6.92 Å². The summed E-state index contributed by atoms with van der Waals surface area (Å²) < 4.78 is 4.83. The van der Waals surface area contributed by atoms with Crippen molar-refractivity contribution in [2.75, 3.05) is 19.0 Å². The second kappa shape index (κ2) is 5.51. The average molecular weight is 260 g/mol. The van der Waals surface area contributed by atoms with Gasteiger partial charge >= 0.3 is 0 Å². The second-order valence-electron chi connectivity index (χ2n) is 4.35. The van der Waals surface area contributed by atoms with Crippen LogP contribution in [0.1, 0.15) is 22.1 Å². The van der Waals surface area contributed by atoms with Gasteiger partial charge in [0.1, 0.15) is 0 Å². The Kier molecular flexibility index (Phi) is 3.79. The fraction of sp³-hybridized carbons (Fsp3) is 0.308. The predicted octanol–water partition coefficient (Wildman–Crippen LogP) is 1.37. The molecule has 1 N–H and O–H groups in total. The molecule has 0 radical (unpaired) electrons. The molecule has 0 unspecified atom stereocenters. The largest absolute Gasteiger partial charge is 0.378 e. The quantitative estimate of drug-likeness (QED) is 0.899. The zero-order chi connectivity index (χ0) is 13.8. The van der Waals surface area contributed by atoms with Gasteiger partial charge in [0.15, 0.2) is 5.82 Å². The van der Waals surface area contributed by atoms with E-state index in [4.69, 9.17) is 4.52 Å². The lowest BCUT2D eigenvalue weighted by Crippen LogP contribution is -2.23. The number of benzene rings is 1. The molecule has 1 aromatic carbocycles. The lowest BCUT2D eigenvalue weighted by Gasteiger charge is -2.12. The van der Waals surface area contributed by atoms with E-state index < -0.39 is 0 Å². The number of aromatic nitrogens is 2. The van der Waals surface area contributed by atoms with Crippen LogP contribution in [0.4, 0.5) is 5.69 Å². The molecule has 0 atom stereocenters. The standard InChI is InChI=1S/C13H16N4O2/c1-9-15-12(16-19-9)8-14-13(18)10-4-6-11(7-5-10)17(2)3/h4-7H,8H2,1-3H3,(H,14,18). The first-order valence-electron chi connectivity index (χ1n) is 5.91. The van der Waals surface area contributed by atoms with Gasteiger partial charge in [0.2, 0.25) is 5.89 Å². The first-order chi connectivity index (χ1) is 9.06. The van der Waals surface area contributed by atoms with E-state index in [2.05, 4.69) is 15.5 Å². The molecule has 19 heavy (non-hydrogen) atoms. The Morgan fingerprint density at radius 2 is 2.00 bits per heavy atom. The highest BCUT2D eigenvalue weighted by Gasteiger charge is 2.08. The SMILES string of the molecule is Cc1nc(CNC(=O)c2ccc(N(C)C)cc2)no1. The van der Waals surface area contributed by atoms with E-state index in [1.165, 1.54) is 0 Å². The summed E-state index contributed by atoms with van der Waals surface area (Å²) in [6.07, 6.45) is 0. The minimum Gasteiger partial charge on any atom is -0.378 e. The van der Waals surface area contributed by atoms with Gasteiger partial charge in [0.25, 0.3) is 5.91 Å². The molecule has 6 nitrogen and oxygen atoms in total. The fourth-order valence-electron chi connectivity index (χ4n) is 1.59. The van der Waals surface area contributed by atoms with Crippen LogP contribution >= 0.6 is 0 Å². The van der Waals surface area contributed by atoms with E-state index in [1.807, 2.05) is 31.1 Å². The summed E-state index contributed by atoms with van der Waals surface area (Å²) in [7, 11) is 3.90. The summed E-state index contributed by atoms with van der Waals surface area (Å²) >= 11 is 0.